The average Bonchev–Trinajstić information content (AvgIpc) is 2.56. The van der Waals surface area contributed by atoms with Crippen LogP contribution >= 0.6 is 35.0 Å². The molecule has 0 amide bonds. The quantitative estimate of drug-likeness (QED) is 0.603. The van der Waals surface area contributed by atoms with Crippen molar-refractivity contribution in [1.29, 1.82) is 0 Å². The highest BCUT2D eigenvalue weighted by molar-refractivity contribution is 7.99. The Morgan fingerprint density at radius 3 is 2.93 bits per heavy atom. The number of halogens is 2. The lowest BCUT2D eigenvalue weighted by Gasteiger charge is -2.03. The van der Waals surface area contributed by atoms with Crippen LogP contribution in [0.2, 0.25) is 0 Å². The Morgan fingerprint density at radius 1 is 1.71 bits per heavy atom. The molecule has 0 saturated carbocycles. The predicted octanol–water partition coefficient (Wildman–Crippen LogP) is 3.39. The van der Waals surface area contributed by atoms with Crippen molar-refractivity contribution >= 4 is 35.0 Å². The molecule has 0 aliphatic heterocycles. The van der Waals surface area contributed by atoms with E-state index in [4.69, 9.17) is 23.2 Å². The number of aromatic nitrogens is 2. The molecule has 0 aliphatic carbocycles. The van der Waals surface area contributed by atoms with Gasteiger partial charge >= 0.3 is 0 Å². The number of imidazole rings is 1. The molecule has 1 aromatic heterocycles. The first-order valence-electron chi connectivity index (χ1n) is 4.14. The number of alkyl halides is 1. The van der Waals surface area contributed by atoms with Gasteiger partial charge in [-0.15, -0.1) is 11.6 Å². The third kappa shape index (κ3) is 2.94. The second kappa shape index (κ2) is 5.69. The predicted molar refractivity (Wildman–Crippen MR) is 63.1 cm³/mol. The Bertz CT molecular complexity index is 334. The molecule has 0 spiro atoms. The van der Waals surface area contributed by atoms with Gasteiger partial charge in [-0.1, -0.05) is 28.9 Å². The monoisotopic (exact) mass is 250 g/mol. The summed E-state index contributed by atoms with van der Waals surface area (Å²) in [5, 5.41) is 0.971. The molecule has 0 unspecified atom stereocenters. The first-order chi connectivity index (χ1) is 6.69. The van der Waals surface area contributed by atoms with E-state index in [-0.39, 0.29) is 0 Å². The number of rotatable bonds is 4. The lowest BCUT2D eigenvalue weighted by molar-refractivity contribution is 0.761. The maximum absolute atomic E-state index is 5.73. The van der Waals surface area contributed by atoms with Crippen molar-refractivity contribution in [3.05, 3.63) is 23.0 Å². The van der Waals surface area contributed by atoms with Gasteiger partial charge in [-0.25, -0.2) is 4.98 Å². The van der Waals surface area contributed by atoms with E-state index in [1.165, 1.54) is 0 Å². The molecule has 5 heteroatoms. The molecule has 0 radical (unpaired) electrons. The minimum Gasteiger partial charge on any atom is -0.325 e. The lowest BCUT2D eigenvalue weighted by atomic mass is 10.4. The van der Waals surface area contributed by atoms with E-state index in [0.29, 0.717) is 5.88 Å². The minimum absolute atomic E-state index is 0.494. The van der Waals surface area contributed by atoms with E-state index in [2.05, 4.69) is 4.98 Å². The normalized spacial score (nSPS) is 12.1. The summed E-state index contributed by atoms with van der Waals surface area (Å²) in [7, 11) is 1.97. The van der Waals surface area contributed by atoms with Crippen LogP contribution < -0.4 is 0 Å². The molecule has 0 aliphatic rings. The van der Waals surface area contributed by atoms with E-state index >= 15 is 0 Å². The molecule has 1 aromatic rings. The van der Waals surface area contributed by atoms with Crippen molar-refractivity contribution < 1.29 is 0 Å². The molecule has 2 nitrogen and oxygen atoms in total. The molecule has 14 heavy (non-hydrogen) atoms. The summed E-state index contributed by atoms with van der Waals surface area (Å²) in [6.07, 6.45) is 1.80. The van der Waals surface area contributed by atoms with Crippen LogP contribution in [-0.4, -0.2) is 15.3 Å². The zero-order chi connectivity index (χ0) is 10.6. The second-order valence-electron chi connectivity index (χ2n) is 2.97. The van der Waals surface area contributed by atoms with Gasteiger partial charge in [-0.3, -0.25) is 0 Å². The highest BCUT2D eigenvalue weighted by Crippen LogP contribution is 2.20. The highest BCUT2D eigenvalue weighted by Gasteiger charge is 2.05. The fourth-order valence-electron chi connectivity index (χ4n) is 0.894. The summed E-state index contributed by atoms with van der Waals surface area (Å²) in [5.74, 6) is 1.35. The standard InChI is InChI=1S/C9H12Cl2N2S/c1-7(3-10)6-14-9-12-5-8(4-11)13(9)2/h3,5H,4,6H2,1-2H3/b7-3-. The van der Waals surface area contributed by atoms with Gasteiger partial charge in [-0.05, 0) is 6.92 Å². The molecule has 78 valence electrons. The van der Waals surface area contributed by atoms with Crippen molar-refractivity contribution in [2.75, 3.05) is 5.75 Å². The van der Waals surface area contributed by atoms with Crippen LogP contribution in [0.25, 0.3) is 0 Å². The fourth-order valence-corrected chi connectivity index (χ4v) is 2.19. The van der Waals surface area contributed by atoms with Gasteiger partial charge in [0.25, 0.3) is 0 Å². The Hall–Kier alpha value is -0.120. The third-order valence-electron chi connectivity index (χ3n) is 1.79. The van der Waals surface area contributed by atoms with E-state index in [1.54, 1.807) is 23.5 Å². The lowest BCUT2D eigenvalue weighted by Crippen LogP contribution is -1.96. The van der Waals surface area contributed by atoms with E-state index in [0.717, 1.165) is 22.2 Å². The van der Waals surface area contributed by atoms with Gasteiger partial charge in [0, 0.05) is 18.3 Å². The largest absolute Gasteiger partial charge is 0.325 e. The van der Waals surface area contributed by atoms with Crippen LogP contribution in [0.5, 0.6) is 0 Å². The maximum Gasteiger partial charge on any atom is 0.168 e. The van der Waals surface area contributed by atoms with Gasteiger partial charge in [0.1, 0.15) is 0 Å². The number of hydrogen-bond acceptors (Lipinski definition) is 2. The Balaban J connectivity index is 2.63. The zero-order valence-corrected chi connectivity index (χ0v) is 10.5. The molecule has 0 N–H and O–H groups in total. The molecule has 0 bridgehead atoms. The molecule has 1 heterocycles. The van der Waals surface area contributed by atoms with Gasteiger partial charge in [0.2, 0.25) is 0 Å². The third-order valence-corrected chi connectivity index (χ3v) is 3.68. The molecule has 1 rings (SSSR count). The van der Waals surface area contributed by atoms with Crippen LogP contribution in [0.3, 0.4) is 0 Å². The Kier molecular flexibility index (Phi) is 4.85. The molecule has 0 atom stereocenters. The summed E-state index contributed by atoms with van der Waals surface area (Å²) in [6.45, 7) is 1.99. The summed E-state index contributed by atoms with van der Waals surface area (Å²) in [6, 6.07) is 0. The van der Waals surface area contributed by atoms with Crippen LogP contribution in [0.15, 0.2) is 22.5 Å². The molecule has 0 aromatic carbocycles. The molecular weight excluding hydrogens is 239 g/mol. The zero-order valence-electron chi connectivity index (χ0n) is 8.13. The van der Waals surface area contributed by atoms with Gasteiger partial charge in [-0.2, -0.15) is 0 Å². The van der Waals surface area contributed by atoms with Crippen molar-refractivity contribution in [3.63, 3.8) is 0 Å². The maximum atomic E-state index is 5.73. The van der Waals surface area contributed by atoms with Gasteiger partial charge < -0.3 is 4.57 Å². The fraction of sp³-hybridized carbons (Fsp3) is 0.444. The van der Waals surface area contributed by atoms with Crippen molar-refractivity contribution in [2.24, 2.45) is 7.05 Å². The Labute approximate surface area is 98.3 Å². The number of nitrogens with zero attached hydrogens (tertiary/aromatic N) is 2. The van der Waals surface area contributed by atoms with E-state index < -0.39 is 0 Å². The van der Waals surface area contributed by atoms with Crippen molar-refractivity contribution in [2.45, 2.75) is 18.0 Å². The van der Waals surface area contributed by atoms with E-state index in [9.17, 15) is 0 Å². The van der Waals surface area contributed by atoms with Gasteiger partial charge in [0.05, 0.1) is 17.8 Å². The highest BCUT2D eigenvalue weighted by atomic mass is 35.5. The second-order valence-corrected chi connectivity index (χ2v) is 4.40. The Morgan fingerprint density at radius 2 is 2.43 bits per heavy atom. The van der Waals surface area contributed by atoms with E-state index in [1.807, 2.05) is 18.5 Å². The van der Waals surface area contributed by atoms with Crippen LogP contribution in [0, 0.1) is 0 Å². The SMILES string of the molecule is C/C(=C/Cl)CSc1ncc(CCl)n1C. The first kappa shape index (κ1) is 12.0. The summed E-state index contributed by atoms with van der Waals surface area (Å²) in [4.78, 5) is 4.26. The van der Waals surface area contributed by atoms with Crippen molar-refractivity contribution in [3.8, 4) is 0 Å². The minimum atomic E-state index is 0.494. The van der Waals surface area contributed by atoms with Crippen LogP contribution in [0.1, 0.15) is 12.6 Å². The smallest absolute Gasteiger partial charge is 0.168 e. The number of hydrogen-bond donors (Lipinski definition) is 0. The van der Waals surface area contributed by atoms with Crippen LogP contribution in [-0.2, 0) is 12.9 Å². The molecular formula is C9H12Cl2N2S. The summed E-state index contributed by atoms with van der Waals surface area (Å²) >= 11 is 13.0. The molecule has 0 saturated heterocycles. The average molecular weight is 251 g/mol. The summed E-state index contributed by atoms with van der Waals surface area (Å²) in [5.41, 5.74) is 3.76. The topological polar surface area (TPSA) is 17.8 Å². The van der Waals surface area contributed by atoms with Crippen LogP contribution in [0.4, 0.5) is 0 Å². The first-order valence-corrected chi connectivity index (χ1v) is 6.10. The molecule has 0 fully saturated rings. The number of thioether (sulfide) groups is 1. The van der Waals surface area contributed by atoms with Crippen molar-refractivity contribution in [1.82, 2.24) is 9.55 Å². The summed E-state index contributed by atoms with van der Waals surface area (Å²) < 4.78 is 2.00. The van der Waals surface area contributed by atoms with Gasteiger partial charge in [0.15, 0.2) is 5.16 Å².